The fraction of sp³-hybridized carbons (Fsp3) is 0.286. The third-order valence-corrected chi connectivity index (χ3v) is 3.24. The number of ether oxygens (including phenoxy) is 1. The Morgan fingerprint density at radius 3 is 2.77 bits per heavy atom. The molecule has 8 heteroatoms. The van der Waals surface area contributed by atoms with E-state index in [1.54, 1.807) is 6.92 Å². The van der Waals surface area contributed by atoms with Crippen molar-refractivity contribution in [3.8, 4) is 5.75 Å². The Morgan fingerprint density at radius 1 is 1.27 bits per heavy atom. The van der Waals surface area contributed by atoms with Crippen LogP contribution in [0.4, 0.5) is 29.1 Å². The molecule has 0 spiro atoms. The molecule has 2 aromatic rings. The molecule has 0 bridgehead atoms. The second kappa shape index (κ2) is 5.11. The van der Waals surface area contributed by atoms with Crippen molar-refractivity contribution in [3.63, 3.8) is 0 Å². The van der Waals surface area contributed by atoms with E-state index in [-0.39, 0.29) is 24.7 Å². The van der Waals surface area contributed by atoms with E-state index < -0.39 is 17.6 Å². The molecular weight excluding hydrogens is 302 g/mol. The fourth-order valence-electron chi connectivity index (χ4n) is 2.30. The number of halogens is 4. The highest BCUT2D eigenvalue weighted by Gasteiger charge is 2.37. The van der Waals surface area contributed by atoms with Gasteiger partial charge in [-0.25, -0.2) is 14.4 Å². The lowest BCUT2D eigenvalue weighted by molar-refractivity contribution is -0.137. The standard InChI is InChI=1S/C14H11F4N3O/c1-8-19-7-12-13(20-8)21(4-5-22-12)11-3-2-9(15)6-10(11)14(16,17)18/h2-3,6-7H,4-5H2,1H3. The molecule has 0 N–H and O–H groups in total. The number of hydrogen-bond donors (Lipinski definition) is 0. The third kappa shape index (κ3) is 2.56. The van der Waals surface area contributed by atoms with Gasteiger partial charge in [0, 0.05) is 0 Å². The van der Waals surface area contributed by atoms with E-state index in [1.165, 1.54) is 11.1 Å². The summed E-state index contributed by atoms with van der Waals surface area (Å²) in [7, 11) is 0. The summed E-state index contributed by atoms with van der Waals surface area (Å²) in [6.07, 6.45) is -3.25. The van der Waals surface area contributed by atoms with Crippen molar-refractivity contribution in [2.75, 3.05) is 18.1 Å². The highest BCUT2D eigenvalue weighted by atomic mass is 19.4. The first-order valence-electron chi connectivity index (χ1n) is 6.47. The van der Waals surface area contributed by atoms with Crippen LogP contribution in [-0.2, 0) is 6.18 Å². The minimum Gasteiger partial charge on any atom is -0.486 e. The van der Waals surface area contributed by atoms with Gasteiger partial charge in [-0.2, -0.15) is 13.2 Å². The first kappa shape index (κ1) is 14.6. The van der Waals surface area contributed by atoms with Crippen LogP contribution >= 0.6 is 0 Å². The summed E-state index contributed by atoms with van der Waals surface area (Å²) in [5, 5.41) is 0. The van der Waals surface area contributed by atoms with Crippen LogP contribution < -0.4 is 9.64 Å². The van der Waals surface area contributed by atoms with Crippen LogP contribution in [0.3, 0.4) is 0 Å². The lowest BCUT2D eigenvalue weighted by Gasteiger charge is -2.31. The van der Waals surface area contributed by atoms with Gasteiger partial charge in [0.25, 0.3) is 0 Å². The molecule has 0 fully saturated rings. The number of benzene rings is 1. The lowest BCUT2D eigenvalue weighted by atomic mass is 10.1. The van der Waals surface area contributed by atoms with E-state index in [9.17, 15) is 17.6 Å². The van der Waals surface area contributed by atoms with E-state index in [1.807, 2.05) is 0 Å². The van der Waals surface area contributed by atoms with E-state index in [0.717, 1.165) is 12.1 Å². The SMILES string of the molecule is Cc1ncc2c(n1)N(c1ccc(F)cc1C(F)(F)F)CCO2. The van der Waals surface area contributed by atoms with Crippen LogP contribution in [0.2, 0.25) is 0 Å². The quantitative estimate of drug-likeness (QED) is 0.756. The predicted octanol–water partition coefficient (Wildman–Crippen LogP) is 3.47. The molecule has 0 atom stereocenters. The summed E-state index contributed by atoms with van der Waals surface area (Å²) in [5.74, 6) is 0.0125. The van der Waals surface area contributed by atoms with Crippen molar-refractivity contribution >= 4 is 11.5 Å². The number of aryl methyl sites for hydroxylation is 1. The number of rotatable bonds is 1. The van der Waals surface area contributed by atoms with Crippen molar-refractivity contribution in [1.29, 1.82) is 0 Å². The topological polar surface area (TPSA) is 38.2 Å². The molecule has 2 heterocycles. The van der Waals surface area contributed by atoms with Gasteiger partial charge >= 0.3 is 6.18 Å². The van der Waals surface area contributed by atoms with Crippen molar-refractivity contribution in [2.45, 2.75) is 13.1 Å². The van der Waals surface area contributed by atoms with Crippen LogP contribution in [0.1, 0.15) is 11.4 Å². The van der Waals surface area contributed by atoms with E-state index in [4.69, 9.17) is 4.74 Å². The van der Waals surface area contributed by atoms with Crippen molar-refractivity contribution in [2.24, 2.45) is 0 Å². The maximum absolute atomic E-state index is 13.2. The average Bonchev–Trinajstić information content (AvgIpc) is 2.46. The number of alkyl halides is 3. The molecule has 1 aliphatic heterocycles. The summed E-state index contributed by atoms with van der Waals surface area (Å²) in [6.45, 7) is 1.99. The molecule has 116 valence electrons. The Kier molecular flexibility index (Phi) is 3.38. The second-order valence-corrected chi connectivity index (χ2v) is 4.76. The monoisotopic (exact) mass is 313 g/mol. The Labute approximate surface area is 123 Å². The predicted molar refractivity (Wildman–Crippen MR) is 70.7 cm³/mol. The highest BCUT2D eigenvalue weighted by Crippen LogP contribution is 2.42. The van der Waals surface area contributed by atoms with Crippen molar-refractivity contribution in [1.82, 2.24) is 9.97 Å². The second-order valence-electron chi connectivity index (χ2n) is 4.76. The Morgan fingerprint density at radius 2 is 2.05 bits per heavy atom. The van der Waals surface area contributed by atoms with E-state index in [2.05, 4.69) is 9.97 Å². The smallest absolute Gasteiger partial charge is 0.418 e. The van der Waals surface area contributed by atoms with Crippen molar-refractivity contribution in [3.05, 3.63) is 41.6 Å². The summed E-state index contributed by atoms with van der Waals surface area (Å²) >= 11 is 0. The van der Waals surface area contributed by atoms with Crippen LogP contribution in [0.5, 0.6) is 5.75 Å². The first-order chi connectivity index (χ1) is 10.4. The van der Waals surface area contributed by atoms with Gasteiger partial charge in [0.2, 0.25) is 0 Å². The Bertz CT molecular complexity index is 718. The van der Waals surface area contributed by atoms with Crippen LogP contribution in [0.15, 0.2) is 24.4 Å². The molecule has 22 heavy (non-hydrogen) atoms. The van der Waals surface area contributed by atoms with Gasteiger partial charge in [0.1, 0.15) is 18.2 Å². The van der Waals surface area contributed by atoms with Gasteiger partial charge in [0.05, 0.1) is 24.0 Å². The normalized spacial score (nSPS) is 14.5. The molecule has 3 rings (SSSR count). The molecular formula is C14H11F4N3O. The van der Waals surface area contributed by atoms with E-state index >= 15 is 0 Å². The first-order valence-corrected chi connectivity index (χ1v) is 6.47. The van der Waals surface area contributed by atoms with Gasteiger partial charge in [-0.15, -0.1) is 0 Å². The summed E-state index contributed by atoms with van der Waals surface area (Å²) < 4.78 is 58.1. The van der Waals surface area contributed by atoms with Gasteiger partial charge in [-0.1, -0.05) is 0 Å². The van der Waals surface area contributed by atoms with Crippen LogP contribution in [-0.4, -0.2) is 23.1 Å². The van der Waals surface area contributed by atoms with Crippen molar-refractivity contribution < 1.29 is 22.3 Å². The Balaban J connectivity index is 2.16. The van der Waals surface area contributed by atoms with Crippen LogP contribution in [0, 0.1) is 12.7 Å². The highest BCUT2D eigenvalue weighted by molar-refractivity contribution is 5.69. The molecule has 1 aromatic carbocycles. The largest absolute Gasteiger partial charge is 0.486 e. The lowest BCUT2D eigenvalue weighted by Crippen LogP contribution is -2.31. The zero-order valence-electron chi connectivity index (χ0n) is 11.5. The molecule has 0 aliphatic carbocycles. The number of aromatic nitrogens is 2. The number of nitrogens with zero attached hydrogens (tertiary/aromatic N) is 3. The average molecular weight is 313 g/mol. The molecule has 0 saturated carbocycles. The molecule has 0 amide bonds. The van der Waals surface area contributed by atoms with Gasteiger partial charge in [-0.3, -0.25) is 0 Å². The molecule has 0 radical (unpaired) electrons. The molecule has 0 unspecified atom stereocenters. The fourth-order valence-corrected chi connectivity index (χ4v) is 2.30. The van der Waals surface area contributed by atoms with Crippen LogP contribution in [0.25, 0.3) is 0 Å². The van der Waals surface area contributed by atoms with E-state index in [0.29, 0.717) is 17.6 Å². The Hall–Kier alpha value is -2.38. The summed E-state index contributed by atoms with van der Waals surface area (Å²) in [5.41, 5.74) is -1.20. The minimum absolute atomic E-state index is 0.156. The maximum atomic E-state index is 13.2. The third-order valence-electron chi connectivity index (χ3n) is 3.24. The zero-order valence-corrected chi connectivity index (χ0v) is 11.5. The maximum Gasteiger partial charge on any atom is 0.418 e. The molecule has 4 nitrogen and oxygen atoms in total. The molecule has 1 aromatic heterocycles. The summed E-state index contributed by atoms with van der Waals surface area (Å²) in [6, 6.07) is 2.58. The minimum atomic E-state index is -4.67. The zero-order chi connectivity index (χ0) is 15.9. The number of fused-ring (bicyclic) bond motifs is 1. The van der Waals surface area contributed by atoms with Gasteiger partial charge < -0.3 is 9.64 Å². The number of anilines is 2. The molecule has 1 aliphatic rings. The summed E-state index contributed by atoms with van der Waals surface area (Å²) in [4.78, 5) is 9.48. The molecule has 0 saturated heterocycles. The number of hydrogen-bond acceptors (Lipinski definition) is 4. The van der Waals surface area contributed by atoms with Gasteiger partial charge in [-0.05, 0) is 25.1 Å². The van der Waals surface area contributed by atoms with Gasteiger partial charge in [0.15, 0.2) is 11.6 Å².